The molecule has 0 heterocycles. The lowest BCUT2D eigenvalue weighted by Gasteiger charge is -2.06. The third-order valence-corrected chi connectivity index (χ3v) is 2.34. The SMILES string of the molecule is CNCC(=O)NCCC(=O)NCc1ccccc1.Cl. The molecular weight excluding hydrogens is 266 g/mol. The molecule has 0 spiro atoms. The van der Waals surface area contributed by atoms with Gasteiger partial charge in [0.2, 0.25) is 11.8 Å². The van der Waals surface area contributed by atoms with Crippen LogP contribution in [0.25, 0.3) is 0 Å². The summed E-state index contributed by atoms with van der Waals surface area (Å²) < 4.78 is 0. The summed E-state index contributed by atoms with van der Waals surface area (Å²) in [5.74, 6) is -0.169. The van der Waals surface area contributed by atoms with Crippen molar-refractivity contribution < 1.29 is 9.59 Å². The highest BCUT2D eigenvalue weighted by atomic mass is 35.5. The van der Waals surface area contributed by atoms with Gasteiger partial charge in [0, 0.05) is 19.5 Å². The molecule has 1 aromatic rings. The number of nitrogens with one attached hydrogen (secondary N) is 3. The Morgan fingerprint density at radius 3 is 2.37 bits per heavy atom. The molecule has 0 radical (unpaired) electrons. The van der Waals surface area contributed by atoms with E-state index < -0.39 is 0 Å². The van der Waals surface area contributed by atoms with Crippen molar-refractivity contribution in [2.45, 2.75) is 13.0 Å². The van der Waals surface area contributed by atoms with Crippen LogP contribution in [-0.4, -0.2) is 32.0 Å². The maximum absolute atomic E-state index is 11.5. The van der Waals surface area contributed by atoms with Crippen molar-refractivity contribution in [2.24, 2.45) is 0 Å². The van der Waals surface area contributed by atoms with E-state index in [2.05, 4.69) is 16.0 Å². The highest BCUT2D eigenvalue weighted by Gasteiger charge is 2.03. The van der Waals surface area contributed by atoms with E-state index >= 15 is 0 Å². The van der Waals surface area contributed by atoms with Crippen LogP contribution in [0.3, 0.4) is 0 Å². The van der Waals surface area contributed by atoms with Gasteiger partial charge in [-0.3, -0.25) is 9.59 Å². The van der Waals surface area contributed by atoms with E-state index in [1.54, 1.807) is 7.05 Å². The fourth-order valence-corrected chi connectivity index (χ4v) is 1.42. The minimum Gasteiger partial charge on any atom is -0.354 e. The smallest absolute Gasteiger partial charge is 0.233 e. The fourth-order valence-electron chi connectivity index (χ4n) is 1.42. The molecule has 0 saturated heterocycles. The van der Waals surface area contributed by atoms with Crippen LogP contribution < -0.4 is 16.0 Å². The Hall–Kier alpha value is -1.59. The quantitative estimate of drug-likeness (QED) is 0.681. The molecule has 19 heavy (non-hydrogen) atoms. The van der Waals surface area contributed by atoms with E-state index in [-0.39, 0.29) is 30.8 Å². The molecule has 0 fully saturated rings. The van der Waals surface area contributed by atoms with Gasteiger partial charge in [0.15, 0.2) is 0 Å². The number of carbonyl (C=O) groups excluding carboxylic acids is 2. The first kappa shape index (κ1) is 17.4. The average Bonchev–Trinajstić information content (AvgIpc) is 2.38. The number of carbonyl (C=O) groups is 2. The minimum absolute atomic E-state index is 0. The van der Waals surface area contributed by atoms with Gasteiger partial charge in [-0.2, -0.15) is 0 Å². The number of hydrogen-bond donors (Lipinski definition) is 3. The first-order chi connectivity index (χ1) is 8.72. The van der Waals surface area contributed by atoms with Crippen LogP contribution in [0.5, 0.6) is 0 Å². The van der Waals surface area contributed by atoms with E-state index in [4.69, 9.17) is 0 Å². The van der Waals surface area contributed by atoms with Crippen LogP contribution in [0.15, 0.2) is 30.3 Å². The van der Waals surface area contributed by atoms with Crippen molar-refractivity contribution in [3.05, 3.63) is 35.9 Å². The molecule has 0 atom stereocenters. The van der Waals surface area contributed by atoms with Crippen molar-refractivity contribution in [1.29, 1.82) is 0 Å². The highest BCUT2D eigenvalue weighted by Crippen LogP contribution is 1.97. The zero-order valence-electron chi connectivity index (χ0n) is 10.9. The van der Waals surface area contributed by atoms with Gasteiger partial charge in [0.05, 0.1) is 6.54 Å². The number of halogens is 1. The largest absolute Gasteiger partial charge is 0.354 e. The van der Waals surface area contributed by atoms with E-state index in [9.17, 15) is 9.59 Å². The van der Waals surface area contributed by atoms with E-state index in [0.29, 0.717) is 19.5 Å². The summed E-state index contributed by atoms with van der Waals surface area (Å²) >= 11 is 0. The molecule has 0 aliphatic heterocycles. The molecule has 106 valence electrons. The van der Waals surface area contributed by atoms with Crippen molar-refractivity contribution in [1.82, 2.24) is 16.0 Å². The van der Waals surface area contributed by atoms with E-state index in [0.717, 1.165) is 5.56 Å². The predicted molar refractivity (Wildman–Crippen MR) is 77.1 cm³/mol. The van der Waals surface area contributed by atoms with Crippen molar-refractivity contribution in [3.8, 4) is 0 Å². The summed E-state index contributed by atoms with van der Waals surface area (Å²) in [6.45, 7) is 1.15. The molecule has 0 unspecified atom stereocenters. The Morgan fingerprint density at radius 1 is 1.05 bits per heavy atom. The van der Waals surface area contributed by atoms with Crippen LogP contribution in [0.4, 0.5) is 0 Å². The standard InChI is InChI=1S/C13H19N3O2.ClH/c1-14-10-13(18)15-8-7-12(17)16-9-11-5-3-2-4-6-11;/h2-6,14H,7-10H2,1H3,(H,15,18)(H,16,17);1H. The van der Waals surface area contributed by atoms with Gasteiger partial charge in [-0.15, -0.1) is 12.4 Å². The zero-order valence-corrected chi connectivity index (χ0v) is 11.8. The summed E-state index contributed by atoms with van der Waals surface area (Å²) in [6.07, 6.45) is 0.294. The molecule has 3 N–H and O–H groups in total. The number of rotatable bonds is 7. The molecule has 0 aliphatic rings. The molecule has 0 bridgehead atoms. The third kappa shape index (κ3) is 8.18. The van der Waals surface area contributed by atoms with Gasteiger partial charge in [-0.25, -0.2) is 0 Å². The molecule has 0 saturated carbocycles. The van der Waals surface area contributed by atoms with E-state index in [1.165, 1.54) is 0 Å². The maximum atomic E-state index is 11.5. The van der Waals surface area contributed by atoms with Gasteiger partial charge in [0.25, 0.3) is 0 Å². The lowest BCUT2D eigenvalue weighted by molar-refractivity contribution is -0.122. The van der Waals surface area contributed by atoms with Gasteiger partial charge in [-0.1, -0.05) is 30.3 Å². The second-order valence-corrected chi connectivity index (χ2v) is 3.89. The number of amides is 2. The van der Waals surface area contributed by atoms with Crippen LogP contribution in [0.2, 0.25) is 0 Å². The lowest BCUT2D eigenvalue weighted by atomic mass is 10.2. The van der Waals surface area contributed by atoms with Gasteiger partial charge >= 0.3 is 0 Å². The summed E-state index contributed by atoms with van der Waals surface area (Å²) in [6, 6.07) is 9.70. The Balaban J connectivity index is 0.00000324. The normalized spacial score (nSPS) is 9.32. The summed E-state index contributed by atoms with van der Waals surface area (Å²) in [4.78, 5) is 22.6. The molecule has 5 nitrogen and oxygen atoms in total. The second-order valence-electron chi connectivity index (χ2n) is 3.89. The number of likely N-dealkylation sites (N-methyl/N-ethyl adjacent to an activating group) is 1. The van der Waals surface area contributed by atoms with Crippen molar-refractivity contribution in [2.75, 3.05) is 20.1 Å². The molecular formula is C13H20ClN3O2. The summed E-state index contributed by atoms with van der Waals surface area (Å²) in [5, 5.41) is 8.19. The molecule has 0 aliphatic carbocycles. The summed E-state index contributed by atoms with van der Waals surface area (Å²) in [5.41, 5.74) is 1.06. The fraction of sp³-hybridized carbons (Fsp3) is 0.385. The highest BCUT2D eigenvalue weighted by molar-refractivity contribution is 5.85. The average molecular weight is 286 g/mol. The minimum atomic E-state index is -0.103. The zero-order chi connectivity index (χ0) is 13.2. The Kier molecular flexibility index (Phi) is 9.48. The van der Waals surface area contributed by atoms with Gasteiger partial charge in [-0.05, 0) is 12.6 Å². The number of hydrogen-bond acceptors (Lipinski definition) is 3. The van der Waals surface area contributed by atoms with Crippen molar-refractivity contribution in [3.63, 3.8) is 0 Å². The first-order valence-electron chi connectivity index (χ1n) is 5.94. The van der Waals surface area contributed by atoms with Crippen LogP contribution >= 0.6 is 12.4 Å². The lowest BCUT2D eigenvalue weighted by Crippen LogP contribution is -2.35. The second kappa shape index (κ2) is 10.3. The Labute approximate surface area is 119 Å². The van der Waals surface area contributed by atoms with Gasteiger partial charge in [0.1, 0.15) is 0 Å². The first-order valence-corrected chi connectivity index (χ1v) is 5.94. The third-order valence-electron chi connectivity index (χ3n) is 2.34. The maximum Gasteiger partial charge on any atom is 0.233 e. The molecule has 1 rings (SSSR count). The molecule has 2 amide bonds. The van der Waals surface area contributed by atoms with Crippen LogP contribution in [0, 0.1) is 0 Å². The van der Waals surface area contributed by atoms with E-state index in [1.807, 2.05) is 30.3 Å². The number of benzene rings is 1. The van der Waals surface area contributed by atoms with Crippen LogP contribution in [-0.2, 0) is 16.1 Å². The van der Waals surface area contributed by atoms with Gasteiger partial charge < -0.3 is 16.0 Å². The monoisotopic (exact) mass is 285 g/mol. The topological polar surface area (TPSA) is 70.2 Å². The Bertz CT molecular complexity index is 385. The molecule has 6 heteroatoms. The molecule has 0 aromatic heterocycles. The molecule has 1 aromatic carbocycles. The Morgan fingerprint density at radius 2 is 1.74 bits per heavy atom. The van der Waals surface area contributed by atoms with Crippen molar-refractivity contribution >= 4 is 24.2 Å². The van der Waals surface area contributed by atoms with Crippen LogP contribution in [0.1, 0.15) is 12.0 Å². The summed E-state index contributed by atoms with van der Waals surface area (Å²) in [7, 11) is 1.70. The predicted octanol–water partition coefficient (Wildman–Crippen LogP) is 0.450.